The van der Waals surface area contributed by atoms with E-state index in [0.717, 1.165) is 16.7 Å². The van der Waals surface area contributed by atoms with Gasteiger partial charge in [0.25, 0.3) is 5.56 Å². The molecule has 0 radical (unpaired) electrons. The summed E-state index contributed by atoms with van der Waals surface area (Å²) >= 11 is 1.48. The van der Waals surface area contributed by atoms with Crippen LogP contribution < -0.4 is 5.56 Å². The average molecular weight is 281 g/mol. The fourth-order valence-corrected chi connectivity index (χ4v) is 3.22. The molecule has 0 spiro atoms. The molecule has 0 unspecified atom stereocenters. The van der Waals surface area contributed by atoms with Gasteiger partial charge in [-0.25, -0.2) is 0 Å². The first-order chi connectivity index (χ1) is 9.77. The normalized spacial score (nSPS) is 12.2. The molecule has 20 heavy (non-hydrogen) atoms. The molecule has 0 N–H and O–H groups in total. The second-order valence-electron chi connectivity index (χ2n) is 4.72. The van der Waals surface area contributed by atoms with Crippen LogP contribution in [0.5, 0.6) is 0 Å². The Morgan fingerprint density at radius 1 is 0.950 bits per heavy atom. The minimum Gasteiger partial charge on any atom is -0.268 e. The van der Waals surface area contributed by atoms with E-state index in [2.05, 4.69) is 19.1 Å². The quantitative estimate of drug-likeness (QED) is 0.705. The van der Waals surface area contributed by atoms with Gasteiger partial charge in [0, 0.05) is 5.38 Å². The molecule has 0 fully saturated rings. The van der Waals surface area contributed by atoms with Crippen molar-refractivity contribution in [3.63, 3.8) is 0 Å². The third-order valence-electron chi connectivity index (χ3n) is 3.43. The van der Waals surface area contributed by atoms with Crippen LogP contribution in [0, 0.1) is 0 Å². The van der Waals surface area contributed by atoms with Gasteiger partial charge in [0.15, 0.2) is 0 Å². The van der Waals surface area contributed by atoms with Crippen molar-refractivity contribution in [3.8, 4) is 11.1 Å². The second-order valence-corrected chi connectivity index (χ2v) is 5.56. The Hall–Kier alpha value is -2.13. The first-order valence-corrected chi connectivity index (χ1v) is 7.42. The van der Waals surface area contributed by atoms with Crippen LogP contribution in [0.3, 0.4) is 0 Å². The number of hydrogen-bond donors (Lipinski definition) is 0. The predicted octanol–water partition coefficient (Wildman–Crippen LogP) is 4.19. The van der Waals surface area contributed by atoms with Gasteiger partial charge in [0.2, 0.25) is 0 Å². The lowest BCUT2D eigenvalue weighted by Crippen LogP contribution is -2.19. The molecule has 2 aromatic carbocycles. The molecule has 1 heterocycles. The van der Waals surface area contributed by atoms with E-state index in [9.17, 15) is 4.79 Å². The van der Waals surface area contributed by atoms with Gasteiger partial charge in [0.05, 0.1) is 11.6 Å². The Morgan fingerprint density at radius 3 is 2.20 bits per heavy atom. The van der Waals surface area contributed by atoms with Crippen LogP contribution in [0.1, 0.15) is 18.5 Å². The molecular weight excluding hydrogens is 266 g/mol. The summed E-state index contributed by atoms with van der Waals surface area (Å²) in [6.07, 6.45) is 0. The Morgan fingerprint density at radius 2 is 1.55 bits per heavy atom. The summed E-state index contributed by atoms with van der Waals surface area (Å²) in [5.74, 6) is 0. The van der Waals surface area contributed by atoms with E-state index in [1.54, 1.807) is 0 Å². The molecule has 0 aliphatic rings. The van der Waals surface area contributed by atoms with Crippen LogP contribution in [-0.4, -0.2) is 3.96 Å². The average Bonchev–Trinajstić information content (AvgIpc) is 2.90. The maximum atomic E-state index is 12.6. The van der Waals surface area contributed by atoms with Crippen molar-refractivity contribution in [3.05, 3.63) is 82.0 Å². The molecule has 0 aliphatic carbocycles. The Bertz CT molecular complexity index is 743. The SMILES string of the molecule is C[C@@H](c1ccccc1)n1scc(-c2ccccc2)c1=O. The number of hydrogen-bond acceptors (Lipinski definition) is 2. The van der Waals surface area contributed by atoms with Gasteiger partial charge in [-0.3, -0.25) is 8.75 Å². The highest BCUT2D eigenvalue weighted by Crippen LogP contribution is 2.23. The topological polar surface area (TPSA) is 22.0 Å². The standard InChI is InChI=1S/C17H15NOS/c1-13(14-8-4-2-5-9-14)18-17(19)16(12-20-18)15-10-6-3-7-11-15/h2-13H,1H3/t13-/m0/s1. The van der Waals surface area contributed by atoms with E-state index in [-0.39, 0.29) is 11.6 Å². The molecule has 3 aromatic rings. The van der Waals surface area contributed by atoms with Crippen LogP contribution in [0.25, 0.3) is 11.1 Å². The lowest BCUT2D eigenvalue weighted by Gasteiger charge is -2.11. The minimum atomic E-state index is 0.0613. The van der Waals surface area contributed by atoms with Gasteiger partial charge in [-0.1, -0.05) is 72.2 Å². The molecule has 1 aromatic heterocycles. The van der Waals surface area contributed by atoms with Crippen molar-refractivity contribution in [2.24, 2.45) is 0 Å². The zero-order chi connectivity index (χ0) is 13.9. The number of rotatable bonds is 3. The smallest absolute Gasteiger partial charge is 0.268 e. The second kappa shape index (κ2) is 5.47. The van der Waals surface area contributed by atoms with Crippen LogP contribution in [0.15, 0.2) is 70.8 Å². The van der Waals surface area contributed by atoms with Crippen molar-refractivity contribution >= 4 is 11.5 Å². The fourth-order valence-electron chi connectivity index (χ4n) is 2.27. The van der Waals surface area contributed by atoms with Crippen LogP contribution in [-0.2, 0) is 0 Å². The third kappa shape index (κ3) is 2.32. The van der Waals surface area contributed by atoms with Crippen molar-refractivity contribution in [2.45, 2.75) is 13.0 Å². The summed E-state index contributed by atoms with van der Waals surface area (Å²) in [7, 11) is 0. The monoisotopic (exact) mass is 281 g/mol. The van der Waals surface area contributed by atoms with Gasteiger partial charge in [-0.05, 0) is 18.1 Å². The Kier molecular flexibility index (Phi) is 3.52. The van der Waals surface area contributed by atoms with Crippen molar-refractivity contribution in [2.75, 3.05) is 0 Å². The van der Waals surface area contributed by atoms with E-state index in [1.807, 2.05) is 57.9 Å². The summed E-state index contributed by atoms with van der Waals surface area (Å²) in [5, 5.41) is 1.94. The molecule has 3 heteroatoms. The lowest BCUT2D eigenvalue weighted by atomic mass is 10.1. The molecule has 0 bridgehead atoms. The summed E-state index contributed by atoms with van der Waals surface area (Å²) in [6, 6.07) is 20.0. The maximum Gasteiger partial charge on any atom is 0.269 e. The van der Waals surface area contributed by atoms with Gasteiger partial charge in [-0.2, -0.15) is 0 Å². The molecule has 100 valence electrons. The predicted molar refractivity (Wildman–Crippen MR) is 84.3 cm³/mol. The van der Waals surface area contributed by atoms with Crippen molar-refractivity contribution < 1.29 is 0 Å². The minimum absolute atomic E-state index is 0.0613. The largest absolute Gasteiger partial charge is 0.269 e. The third-order valence-corrected chi connectivity index (χ3v) is 4.48. The molecular formula is C17H15NOS. The fraction of sp³-hybridized carbons (Fsp3) is 0.118. The molecule has 1 atom stereocenters. The van der Waals surface area contributed by atoms with Crippen LogP contribution in [0.2, 0.25) is 0 Å². The van der Waals surface area contributed by atoms with E-state index >= 15 is 0 Å². The summed E-state index contributed by atoms with van der Waals surface area (Å²) in [4.78, 5) is 12.6. The highest BCUT2D eigenvalue weighted by molar-refractivity contribution is 7.04. The first kappa shape index (κ1) is 12.9. The van der Waals surface area contributed by atoms with E-state index in [4.69, 9.17) is 0 Å². The molecule has 0 aliphatic heterocycles. The van der Waals surface area contributed by atoms with Gasteiger partial charge < -0.3 is 0 Å². The van der Waals surface area contributed by atoms with Gasteiger partial charge >= 0.3 is 0 Å². The van der Waals surface area contributed by atoms with E-state index in [1.165, 1.54) is 11.5 Å². The molecule has 0 amide bonds. The molecule has 0 saturated heterocycles. The Labute approximate surface area is 122 Å². The molecule has 3 rings (SSSR count). The first-order valence-electron chi connectivity index (χ1n) is 6.58. The zero-order valence-electron chi connectivity index (χ0n) is 11.2. The zero-order valence-corrected chi connectivity index (χ0v) is 12.0. The number of aromatic nitrogens is 1. The van der Waals surface area contributed by atoms with E-state index < -0.39 is 0 Å². The van der Waals surface area contributed by atoms with Gasteiger partial charge in [-0.15, -0.1) is 0 Å². The van der Waals surface area contributed by atoms with E-state index in [0.29, 0.717) is 0 Å². The van der Waals surface area contributed by atoms with Crippen molar-refractivity contribution in [1.82, 2.24) is 3.96 Å². The lowest BCUT2D eigenvalue weighted by molar-refractivity contribution is 0.676. The summed E-state index contributed by atoms with van der Waals surface area (Å²) in [5.41, 5.74) is 2.99. The van der Waals surface area contributed by atoms with Crippen LogP contribution in [0.4, 0.5) is 0 Å². The van der Waals surface area contributed by atoms with Gasteiger partial charge in [0.1, 0.15) is 0 Å². The summed E-state index contributed by atoms with van der Waals surface area (Å²) in [6.45, 7) is 2.06. The molecule has 0 saturated carbocycles. The number of nitrogens with zero attached hydrogens (tertiary/aromatic N) is 1. The van der Waals surface area contributed by atoms with Crippen LogP contribution >= 0.6 is 11.5 Å². The Balaban J connectivity index is 2.02. The maximum absolute atomic E-state index is 12.6. The highest BCUT2D eigenvalue weighted by Gasteiger charge is 2.14. The van der Waals surface area contributed by atoms with Crippen molar-refractivity contribution in [1.29, 1.82) is 0 Å². The summed E-state index contributed by atoms with van der Waals surface area (Å²) < 4.78 is 1.83. The molecule has 2 nitrogen and oxygen atoms in total. The highest BCUT2D eigenvalue weighted by atomic mass is 32.1. The number of benzene rings is 2.